The number of thiocarbonyl (C=S) groups is 1. The lowest BCUT2D eigenvalue weighted by Crippen LogP contribution is -2.50. The number of piperazine rings is 1. The van der Waals surface area contributed by atoms with Crippen LogP contribution in [0.4, 0.5) is 11.5 Å². The van der Waals surface area contributed by atoms with Gasteiger partial charge in [0.15, 0.2) is 5.11 Å². The van der Waals surface area contributed by atoms with Crippen molar-refractivity contribution >= 4 is 28.8 Å². The Kier molecular flexibility index (Phi) is 5.35. The van der Waals surface area contributed by atoms with Crippen LogP contribution in [0.3, 0.4) is 0 Å². The molecule has 0 saturated carbocycles. The molecule has 1 N–H and O–H groups in total. The summed E-state index contributed by atoms with van der Waals surface area (Å²) in [5, 5.41) is 3.78. The summed E-state index contributed by atoms with van der Waals surface area (Å²) in [5.41, 5.74) is 2.08. The second-order valence-electron chi connectivity index (χ2n) is 7.03. The van der Waals surface area contributed by atoms with E-state index in [1.165, 1.54) is 0 Å². The Balaban J connectivity index is 1.48. The third-order valence-corrected chi connectivity index (χ3v) is 5.69. The lowest BCUT2D eigenvalue weighted by atomic mass is 10.3. The van der Waals surface area contributed by atoms with Gasteiger partial charge in [-0.05, 0) is 43.4 Å². The van der Waals surface area contributed by atoms with Crippen molar-refractivity contribution < 1.29 is 0 Å². The van der Waals surface area contributed by atoms with E-state index in [0.717, 1.165) is 43.4 Å². The molecule has 1 aliphatic heterocycles. The molecule has 1 aliphatic rings. The summed E-state index contributed by atoms with van der Waals surface area (Å²) in [7, 11) is 1.88. The number of benzene rings is 1. The molecule has 0 amide bonds. The van der Waals surface area contributed by atoms with Crippen LogP contribution in [0.25, 0.3) is 5.69 Å². The fourth-order valence-electron chi connectivity index (χ4n) is 3.58. The monoisotopic (exact) mass is 408 g/mol. The molecule has 1 fully saturated rings. The van der Waals surface area contributed by atoms with Gasteiger partial charge in [-0.3, -0.25) is 9.48 Å². The SMILES string of the molecule is Cc1c(NC(=S)N2CCN(c3ccccn3)CC2)c(=O)n(-c2ccccc2)n1C. The molecular formula is C21H24N6OS. The highest BCUT2D eigenvalue weighted by atomic mass is 32.1. The number of anilines is 2. The van der Waals surface area contributed by atoms with Gasteiger partial charge in [-0.15, -0.1) is 0 Å². The van der Waals surface area contributed by atoms with Gasteiger partial charge in [-0.2, -0.15) is 0 Å². The molecule has 0 atom stereocenters. The van der Waals surface area contributed by atoms with Gasteiger partial charge in [0.25, 0.3) is 5.56 Å². The van der Waals surface area contributed by atoms with Gasteiger partial charge in [0.05, 0.1) is 11.4 Å². The Morgan fingerprint density at radius 3 is 2.38 bits per heavy atom. The van der Waals surface area contributed by atoms with Gasteiger partial charge in [0.2, 0.25) is 0 Å². The van der Waals surface area contributed by atoms with E-state index in [0.29, 0.717) is 10.8 Å². The summed E-state index contributed by atoms with van der Waals surface area (Å²) in [6.45, 7) is 5.15. The predicted molar refractivity (Wildman–Crippen MR) is 120 cm³/mol. The van der Waals surface area contributed by atoms with Gasteiger partial charge in [0, 0.05) is 39.4 Å². The van der Waals surface area contributed by atoms with E-state index in [9.17, 15) is 4.79 Å². The zero-order valence-electron chi connectivity index (χ0n) is 16.6. The first-order chi connectivity index (χ1) is 14.1. The third-order valence-electron chi connectivity index (χ3n) is 5.33. The Hall–Kier alpha value is -3.13. The van der Waals surface area contributed by atoms with Gasteiger partial charge in [-0.25, -0.2) is 9.67 Å². The number of pyridine rings is 1. The highest BCUT2D eigenvalue weighted by molar-refractivity contribution is 7.80. The highest BCUT2D eigenvalue weighted by Gasteiger charge is 2.22. The normalized spacial score (nSPS) is 14.1. The minimum atomic E-state index is -0.106. The zero-order chi connectivity index (χ0) is 20.4. The van der Waals surface area contributed by atoms with E-state index in [4.69, 9.17) is 12.2 Å². The standard InChI is InChI=1S/C21H24N6OS/c1-16-19(20(28)27(24(16)2)17-8-4-3-5-9-17)23-21(29)26-14-12-25(13-15-26)18-10-6-7-11-22-18/h3-11H,12-15H2,1-2H3,(H,23,29). The summed E-state index contributed by atoms with van der Waals surface area (Å²) >= 11 is 5.62. The number of aromatic nitrogens is 3. The molecule has 1 aromatic carbocycles. The van der Waals surface area contributed by atoms with Crippen molar-refractivity contribution in [2.45, 2.75) is 6.92 Å². The van der Waals surface area contributed by atoms with Gasteiger partial charge in [-0.1, -0.05) is 24.3 Å². The molecule has 0 aliphatic carbocycles. The number of hydrogen-bond donors (Lipinski definition) is 1. The Labute approximate surface area is 175 Å². The quantitative estimate of drug-likeness (QED) is 0.672. The minimum absolute atomic E-state index is 0.106. The molecule has 0 spiro atoms. The average Bonchev–Trinajstić information content (AvgIpc) is 2.98. The van der Waals surface area contributed by atoms with E-state index in [-0.39, 0.29) is 5.56 Å². The van der Waals surface area contributed by atoms with Crippen LogP contribution < -0.4 is 15.8 Å². The van der Waals surface area contributed by atoms with E-state index in [1.807, 2.05) is 73.4 Å². The third kappa shape index (κ3) is 3.75. The van der Waals surface area contributed by atoms with Crippen LogP contribution in [-0.2, 0) is 7.05 Å². The number of nitrogens with one attached hydrogen (secondary N) is 1. The van der Waals surface area contributed by atoms with Crippen molar-refractivity contribution in [2.75, 3.05) is 36.4 Å². The Bertz CT molecular complexity index is 1050. The maximum atomic E-state index is 13.1. The number of rotatable bonds is 3. The molecule has 3 aromatic rings. The van der Waals surface area contributed by atoms with Crippen molar-refractivity contribution in [1.82, 2.24) is 19.2 Å². The topological polar surface area (TPSA) is 58.3 Å². The number of nitrogens with zero attached hydrogens (tertiary/aromatic N) is 5. The lowest BCUT2D eigenvalue weighted by Gasteiger charge is -2.36. The molecule has 29 heavy (non-hydrogen) atoms. The molecule has 0 bridgehead atoms. The molecule has 8 heteroatoms. The summed E-state index contributed by atoms with van der Waals surface area (Å²) < 4.78 is 3.50. The second kappa shape index (κ2) is 8.08. The minimum Gasteiger partial charge on any atom is -0.353 e. The van der Waals surface area contributed by atoms with Gasteiger partial charge < -0.3 is 15.1 Å². The van der Waals surface area contributed by atoms with Crippen LogP contribution in [0.2, 0.25) is 0 Å². The zero-order valence-corrected chi connectivity index (χ0v) is 17.4. The van der Waals surface area contributed by atoms with Crippen molar-refractivity contribution in [2.24, 2.45) is 7.05 Å². The first-order valence-corrected chi connectivity index (χ1v) is 10.0. The Morgan fingerprint density at radius 1 is 1.03 bits per heavy atom. The second-order valence-corrected chi connectivity index (χ2v) is 7.42. The molecular weight excluding hydrogens is 384 g/mol. The van der Waals surface area contributed by atoms with E-state index < -0.39 is 0 Å². The maximum absolute atomic E-state index is 13.1. The van der Waals surface area contributed by atoms with Crippen molar-refractivity contribution in [3.63, 3.8) is 0 Å². The van der Waals surface area contributed by atoms with E-state index in [1.54, 1.807) is 4.68 Å². The predicted octanol–water partition coefficient (Wildman–Crippen LogP) is 2.40. The van der Waals surface area contributed by atoms with Gasteiger partial charge >= 0.3 is 0 Å². The molecule has 0 radical (unpaired) electrons. The van der Waals surface area contributed by atoms with Crippen LogP contribution in [-0.4, -0.2) is 50.5 Å². The molecule has 2 aromatic heterocycles. The molecule has 1 saturated heterocycles. The molecule has 150 valence electrons. The van der Waals surface area contributed by atoms with Crippen LogP contribution in [0.1, 0.15) is 5.69 Å². The number of para-hydroxylation sites is 1. The van der Waals surface area contributed by atoms with Gasteiger partial charge in [0.1, 0.15) is 11.5 Å². The van der Waals surface area contributed by atoms with E-state index >= 15 is 0 Å². The molecule has 0 unspecified atom stereocenters. The van der Waals surface area contributed by atoms with Crippen LogP contribution in [0.5, 0.6) is 0 Å². The summed E-state index contributed by atoms with van der Waals surface area (Å²) in [5.74, 6) is 0.982. The summed E-state index contributed by atoms with van der Waals surface area (Å²) in [6, 6.07) is 15.5. The molecule has 7 nitrogen and oxygen atoms in total. The van der Waals surface area contributed by atoms with Crippen molar-refractivity contribution in [1.29, 1.82) is 0 Å². The van der Waals surface area contributed by atoms with Crippen molar-refractivity contribution in [3.05, 3.63) is 70.8 Å². The van der Waals surface area contributed by atoms with Crippen LogP contribution in [0, 0.1) is 6.92 Å². The highest BCUT2D eigenvalue weighted by Crippen LogP contribution is 2.16. The lowest BCUT2D eigenvalue weighted by molar-refractivity contribution is 0.389. The van der Waals surface area contributed by atoms with E-state index in [2.05, 4.69) is 20.1 Å². The molecule has 4 rings (SSSR count). The average molecular weight is 409 g/mol. The fraction of sp³-hybridized carbons (Fsp3) is 0.286. The summed E-state index contributed by atoms with van der Waals surface area (Å²) in [4.78, 5) is 21.8. The first-order valence-electron chi connectivity index (χ1n) is 9.62. The Morgan fingerprint density at radius 2 is 1.72 bits per heavy atom. The first kappa shape index (κ1) is 19.2. The maximum Gasteiger partial charge on any atom is 0.295 e. The van der Waals surface area contributed by atoms with Crippen LogP contribution >= 0.6 is 12.2 Å². The van der Waals surface area contributed by atoms with Crippen molar-refractivity contribution in [3.8, 4) is 5.69 Å². The summed E-state index contributed by atoms with van der Waals surface area (Å²) in [6.07, 6.45) is 1.81. The molecule has 3 heterocycles. The van der Waals surface area contributed by atoms with Crippen LogP contribution in [0.15, 0.2) is 59.5 Å². The fourth-order valence-corrected chi connectivity index (χ4v) is 3.86. The number of hydrogen-bond acceptors (Lipinski definition) is 4. The smallest absolute Gasteiger partial charge is 0.295 e. The largest absolute Gasteiger partial charge is 0.353 e.